The van der Waals surface area contributed by atoms with Crippen molar-refractivity contribution in [2.24, 2.45) is 5.41 Å². The minimum Gasteiger partial charge on any atom is -0.309 e. The number of benzene rings is 2. The molecule has 114 valence electrons. The van der Waals surface area contributed by atoms with Gasteiger partial charge in [-0.1, -0.05) is 67.1 Å². The van der Waals surface area contributed by atoms with E-state index in [0.29, 0.717) is 17.4 Å². The van der Waals surface area contributed by atoms with Gasteiger partial charge in [0, 0.05) is 6.04 Å². The molecule has 1 heteroatoms. The zero-order valence-corrected chi connectivity index (χ0v) is 13.2. The molecule has 1 saturated carbocycles. The van der Waals surface area contributed by atoms with Crippen molar-refractivity contribution in [2.45, 2.75) is 44.1 Å². The van der Waals surface area contributed by atoms with Crippen LogP contribution in [0.2, 0.25) is 0 Å². The summed E-state index contributed by atoms with van der Waals surface area (Å²) in [6.45, 7) is 1.16. The van der Waals surface area contributed by atoms with Crippen LogP contribution in [0.25, 0.3) is 0 Å². The van der Waals surface area contributed by atoms with Crippen LogP contribution in [-0.4, -0.2) is 6.54 Å². The monoisotopic (exact) mass is 291 g/mol. The molecule has 2 fully saturated rings. The van der Waals surface area contributed by atoms with Gasteiger partial charge in [-0.3, -0.25) is 0 Å². The van der Waals surface area contributed by atoms with Gasteiger partial charge < -0.3 is 5.32 Å². The molecule has 3 unspecified atom stereocenters. The molecule has 0 aromatic heterocycles. The van der Waals surface area contributed by atoms with Gasteiger partial charge in [-0.2, -0.15) is 0 Å². The average molecular weight is 291 g/mol. The Bertz CT molecular complexity index is 606. The van der Waals surface area contributed by atoms with Crippen molar-refractivity contribution in [3.8, 4) is 0 Å². The van der Waals surface area contributed by atoms with Crippen LogP contribution in [0.1, 0.15) is 55.2 Å². The van der Waals surface area contributed by atoms with Crippen LogP contribution < -0.4 is 5.32 Å². The lowest BCUT2D eigenvalue weighted by Gasteiger charge is -2.47. The first-order chi connectivity index (χ1) is 10.9. The summed E-state index contributed by atoms with van der Waals surface area (Å²) < 4.78 is 0. The molecule has 2 aromatic rings. The normalized spacial score (nSPS) is 31.5. The Morgan fingerprint density at radius 1 is 0.773 bits per heavy atom. The van der Waals surface area contributed by atoms with Gasteiger partial charge in [0.2, 0.25) is 0 Å². The molecule has 1 saturated heterocycles. The first-order valence-corrected chi connectivity index (χ1v) is 8.73. The van der Waals surface area contributed by atoms with Crippen LogP contribution in [-0.2, 0) is 0 Å². The van der Waals surface area contributed by atoms with E-state index < -0.39 is 0 Å². The average Bonchev–Trinajstić information content (AvgIpc) is 3.01. The third-order valence-electron chi connectivity index (χ3n) is 5.91. The second-order valence-corrected chi connectivity index (χ2v) is 6.99. The fraction of sp³-hybridized carbons (Fsp3) is 0.429. The lowest BCUT2D eigenvalue weighted by Crippen LogP contribution is -2.44. The van der Waals surface area contributed by atoms with Gasteiger partial charge in [0.1, 0.15) is 0 Å². The molecule has 1 aliphatic carbocycles. The third kappa shape index (κ3) is 2.28. The van der Waals surface area contributed by atoms with E-state index in [1.807, 2.05) is 0 Å². The Labute approximate surface area is 133 Å². The van der Waals surface area contributed by atoms with Gasteiger partial charge in [-0.05, 0) is 54.7 Å². The van der Waals surface area contributed by atoms with Crippen molar-refractivity contribution in [3.63, 3.8) is 0 Å². The Hall–Kier alpha value is -1.60. The van der Waals surface area contributed by atoms with Crippen molar-refractivity contribution >= 4 is 0 Å². The van der Waals surface area contributed by atoms with E-state index >= 15 is 0 Å². The first kappa shape index (κ1) is 14.0. The van der Waals surface area contributed by atoms with Crippen LogP contribution in [0.15, 0.2) is 60.7 Å². The van der Waals surface area contributed by atoms with E-state index in [1.165, 1.54) is 37.7 Å². The van der Waals surface area contributed by atoms with E-state index in [1.54, 1.807) is 5.56 Å². The summed E-state index contributed by atoms with van der Waals surface area (Å²) in [5.41, 5.74) is 3.43. The van der Waals surface area contributed by atoms with Gasteiger partial charge in [-0.15, -0.1) is 0 Å². The Balaban J connectivity index is 1.75. The molecular formula is C21H25N. The molecule has 0 radical (unpaired) electrons. The van der Waals surface area contributed by atoms with Crippen LogP contribution in [0, 0.1) is 5.41 Å². The summed E-state index contributed by atoms with van der Waals surface area (Å²) in [5, 5.41) is 3.87. The molecule has 2 aromatic carbocycles. The molecule has 22 heavy (non-hydrogen) atoms. The lowest BCUT2D eigenvalue weighted by molar-refractivity contribution is 0.118. The molecule has 4 rings (SSSR count). The minimum absolute atomic E-state index is 0.404. The quantitative estimate of drug-likeness (QED) is 0.815. The predicted octanol–water partition coefficient (Wildman–Crippen LogP) is 5.07. The van der Waals surface area contributed by atoms with Crippen molar-refractivity contribution in [1.29, 1.82) is 0 Å². The zero-order chi connectivity index (χ0) is 14.8. The summed E-state index contributed by atoms with van der Waals surface area (Å²) in [4.78, 5) is 0. The van der Waals surface area contributed by atoms with Crippen molar-refractivity contribution in [2.75, 3.05) is 6.54 Å². The van der Waals surface area contributed by atoms with Crippen molar-refractivity contribution < 1.29 is 0 Å². The molecule has 3 atom stereocenters. The highest BCUT2D eigenvalue weighted by molar-refractivity contribution is 5.30. The second kappa shape index (κ2) is 5.89. The third-order valence-corrected chi connectivity index (χ3v) is 5.91. The topological polar surface area (TPSA) is 12.0 Å². The van der Waals surface area contributed by atoms with Crippen LogP contribution in [0.4, 0.5) is 0 Å². The van der Waals surface area contributed by atoms with E-state index in [2.05, 4.69) is 66.0 Å². The molecule has 0 amide bonds. The molecule has 1 heterocycles. The minimum atomic E-state index is 0.404. The van der Waals surface area contributed by atoms with E-state index in [-0.39, 0.29) is 0 Å². The number of piperidine rings is 1. The molecule has 1 aliphatic heterocycles. The number of rotatable bonds is 2. The van der Waals surface area contributed by atoms with Crippen LogP contribution >= 0.6 is 0 Å². The molecule has 1 N–H and O–H groups in total. The summed E-state index contributed by atoms with van der Waals surface area (Å²) in [5.74, 6) is 0.701. The number of hydrogen-bond acceptors (Lipinski definition) is 1. The smallest absolute Gasteiger partial charge is 0.0383 e. The lowest BCUT2D eigenvalue weighted by atomic mass is 9.63. The maximum absolute atomic E-state index is 3.87. The summed E-state index contributed by atoms with van der Waals surface area (Å²) >= 11 is 0. The molecular weight excluding hydrogens is 266 g/mol. The van der Waals surface area contributed by atoms with Gasteiger partial charge in [0.25, 0.3) is 0 Å². The molecule has 0 bridgehead atoms. The predicted molar refractivity (Wildman–Crippen MR) is 91.9 cm³/mol. The highest BCUT2D eigenvalue weighted by atomic mass is 15.0. The summed E-state index contributed by atoms with van der Waals surface area (Å²) in [7, 11) is 0. The highest BCUT2D eigenvalue weighted by Gasteiger charge is 2.50. The van der Waals surface area contributed by atoms with E-state index in [0.717, 1.165) is 6.54 Å². The summed E-state index contributed by atoms with van der Waals surface area (Å²) in [6.07, 6.45) is 6.74. The summed E-state index contributed by atoms with van der Waals surface area (Å²) in [6, 6.07) is 22.9. The van der Waals surface area contributed by atoms with Crippen LogP contribution in [0.3, 0.4) is 0 Å². The highest BCUT2D eigenvalue weighted by Crippen LogP contribution is 2.59. The molecule has 1 nitrogen and oxygen atoms in total. The maximum atomic E-state index is 3.87. The van der Waals surface area contributed by atoms with Crippen LogP contribution in [0.5, 0.6) is 0 Å². The second-order valence-electron chi connectivity index (χ2n) is 6.99. The number of hydrogen-bond donors (Lipinski definition) is 1. The standard InChI is InChI=1S/C21H25N/c1-3-9-17(10-4-1)19-13-7-14-21(19)15-8-16-22-20(21)18-11-5-2-6-12-18/h1-6,9-12,19-20,22H,7-8,13-16H2. The molecule has 1 spiro atoms. The maximum Gasteiger partial charge on any atom is 0.0383 e. The van der Waals surface area contributed by atoms with Crippen molar-refractivity contribution in [1.82, 2.24) is 5.32 Å². The van der Waals surface area contributed by atoms with Gasteiger partial charge in [-0.25, -0.2) is 0 Å². The fourth-order valence-electron chi connectivity index (χ4n) is 5.03. The zero-order valence-electron chi connectivity index (χ0n) is 13.2. The van der Waals surface area contributed by atoms with Gasteiger partial charge in [0.15, 0.2) is 0 Å². The van der Waals surface area contributed by atoms with Gasteiger partial charge >= 0.3 is 0 Å². The fourth-order valence-corrected chi connectivity index (χ4v) is 5.03. The SMILES string of the molecule is c1ccc(C2CCCC23CCCNC3c2ccccc2)cc1. The molecule has 2 aliphatic rings. The van der Waals surface area contributed by atoms with Gasteiger partial charge in [0.05, 0.1) is 0 Å². The Morgan fingerprint density at radius 2 is 1.41 bits per heavy atom. The first-order valence-electron chi connectivity index (χ1n) is 8.73. The Morgan fingerprint density at radius 3 is 2.14 bits per heavy atom. The largest absolute Gasteiger partial charge is 0.309 e. The van der Waals surface area contributed by atoms with Crippen molar-refractivity contribution in [3.05, 3.63) is 71.8 Å². The Kier molecular flexibility index (Phi) is 3.75. The van der Waals surface area contributed by atoms with E-state index in [4.69, 9.17) is 0 Å². The van der Waals surface area contributed by atoms with E-state index in [9.17, 15) is 0 Å². The number of nitrogens with one attached hydrogen (secondary N) is 1.